The molecule has 1 aliphatic heterocycles. The Morgan fingerprint density at radius 1 is 1.56 bits per heavy atom. The van der Waals surface area contributed by atoms with Crippen LogP contribution < -0.4 is 5.32 Å². The van der Waals surface area contributed by atoms with E-state index in [0.29, 0.717) is 26.2 Å². The molecule has 1 aromatic heterocycles. The molecule has 1 aliphatic rings. The summed E-state index contributed by atoms with van der Waals surface area (Å²) in [5.41, 5.74) is 0. The number of likely N-dealkylation sites (tertiary alicyclic amines) is 1. The van der Waals surface area contributed by atoms with E-state index in [4.69, 9.17) is 0 Å². The normalized spacial score (nSPS) is 20.8. The van der Waals surface area contributed by atoms with E-state index in [1.165, 1.54) is 6.33 Å². The first-order valence-electron chi connectivity index (χ1n) is 6.23. The van der Waals surface area contributed by atoms with Gasteiger partial charge in [-0.25, -0.2) is 4.98 Å². The molecule has 1 unspecified atom stereocenters. The molecule has 0 aliphatic carbocycles. The van der Waals surface area contributed by atoms with Crippen LogP contribution in [0, 0.1) is 0 Å². The van der Waals surface area contributed by atoms with Crippen LogP contribution in [0.1, 0.15) is 12.8 Å². The standard InChI is InChI=1S/C11H19N5O2/c17-10-2-1-4-15(6-10)7-11(18)13-3-5-16-9-12-8-14-16/h8-10,17H,1-7H2,(H,13,18). The van der Waals surface area contributed by atoms with Gasteiger partial charge in [0.15, 0.2) is 0 Å². The zero-order valence-corrected chi connectivity index (χ0v) is 10.3. The number of carbonyl (C=O) groups excluding carboxylic acids is 1. The highest BCUT2D eigenvalue weighted by molar-refractivity contribution is 5.77. The molecule has 1 aromatic rings. The molecule has 0 spiro atoms. The summed E-state index contributed by atoms with van der Waals surface area (Å²) in [6, 6.07) is 0. The van der Waals surface area contributed by atoms with E-state index in [9.17, 15) is 9.90 Å². The molecule has 2 N–H and O–H groups in total. The van der Waals surface area contributed by atoms with Crippen molar-refractivity contribution >= 4 is 5.91 Å². The summed E-state index contributed by atoms with van der Waals surface area (Å²) in [5.74, 6) is -0.00999. The molecule has 1 saturated heterocycles. The number of hydrogen-bond donors (Lipinski definition) is 2. The predicted molar refractivity (Wildman–Crippen MR) is 64.7 cm³/mol. The van der Waals surface area contributed by atoms with Crippen molar-refractivity contribution in [1.29, 1.82) is 0 Å². The maximum absolute atomic E-state index is 11.7. The van der Waals surface area contributed by atoms with Crippen LogP contribution in [0.25, 0.3) is 0 Å². The number of piperidine rings is 1. The van der Waals surface area contributed by atoms with E-state index in [1.807, 2.05) is 4.90 Å². The van der Waals surface area contributed by atoms with Crippen molar-refractivity contribution < 1.29 is 9.90 Å². The quantitative estimate of drug-likeness (QED) is 0.692. The highest BCUT2D eigenvalue weighted by Gasteiger charge is 2.19. The fourth-order valence-electron chi connectivity index (χ4n) is 2.09. The Morgan fingerprint density at radius 2 is 2.44 bits per heavy atom. The van der Waals surface area contributed by atoms with Crippen LogP contribution in [0.2, 0.25) is 0 Å². The Labute approximate surface area is 106 Å². The average Bonchev–Trinajstić information content (AvgIpc) is 2.82. The minimum absolute atomic E-state index is 0.00999. The van der Waals surface area contributed by atoms with Crippen molar-refractivity contribution in [1.82, 2.24) is 25.0 Å². The highest BCUT2D eigenvalue weighted by Crippen LogP contribution is 2.08. The van der Waals surface area contributed by atoms with E-state index >= 15 is 0 Å². The molecule has 100 valence electrons. The number of nitrogens with one attached hydrogen (secondary N) is 1. The number of rotatable bonds is 5. The van der Waals surface area contributed by atoms with Crippen molar-refractivity contribution in [2.45, 2.75) is 25.5 Å². The third-order valence-electron chi connectivity index (χ3n) is 2.98. The van der Waals surface area contributed by atoms with Crippen LogP contribution >= 0.6 is 0 Å². The molecule has 0 radical (unpaired) electrons. The first-order chi connectivity index (χ1) is 8.74. The molecule has 1 atom stereocenters. The van der Waals surface area contributed by atoms with Crippen LogP contribution in [0.15, 0.2) is 12.7 Å². The fraction of sp³-hybridized carbons (Fsp3) is 0.727. The number of amides is 1. The summed E-state index contributed by atoms with van der Waals surface area (Å²) >= 11 is 0. The Morgan fingerprint density at radius 3 is 3.17 bits per heavy atom. The molecule has 7 nitrogen and oxygen atoms in total. The van der Waals surface area contributed by atoms with Crippen LogP contribution in [-0.4, -0.2) is 63.0 Å². The first-order valence-corrected chi connectivity index (χ1v) is 6.23. The van der Waals surface area contributed by atoms with Crippen molar-refractivity contribution in [2.75, 3.05) is 26.2 Å². The van der Waals surface area contributed by atoms with Crippen LogP contribution in [0.5, 0.6) is 0 Å². The molecular formula is C11H19N5O2. The van der Waals surface area contributed by atoms with Gasteiger partial charge in [-0.05, 0) is 19.4 Å². The lowest BCUT2D eigenvalue weighted by Gasteiger charge is -2.29. The number of aromatic nitrogens is 3. The Kier molecular flexibility index (Phi) is 4.66. The summed E-state index contributed by atoms with van der Waals surface area (Å²) in [6.07, 6.45) is 4.59. The van der Waals surface area contributed by atoms with E-state index in [-0.39, 0.29) is 12.0 Å². The van der Waals surface area contributed by atoms with Crippen molar-refractivity contribution in [3.8, 4) is 0 Å². The summed E-state index contributed by atoms with van der Waals surface area (Å²) in [6.45, 7) is 2.99. The topological polar surface area (TPSA) is 83.3 Å². The number of aliphatic hydroxyl groups is 1. The van der Waals surface area contributed by atoms with Gasteiger partial charge in [0.25, 0.3) is 0 Å². The molecule has 2 rings (SSSR count). The van der Waals surface area contributed by atoms with Gasteiger partial charge >= 0.3 is 0 Å². The number of hydrogen-bond acceptors (Lipinski definition) is 5. The molecule has 0 saturated carbocycles. The second-order valence-electron chi connectivity index (χ2n) is 4.54. The molecule has 2 heterocycles. The maximum Gasteiger partial charge on any atom is 0.234 e. The molecule has 0 bridgehead atoms. The summed E-state index contributed by atoms with van der Waals surface area (Å²) in [5, 5.41) is 16.3. The largest absolute Gasteiger partial charge is 0.392 e. The predicted octanol–water partition coefficient (Wildman–Crippen LogP) is -1.15. The maximum atomic E-state index is 11.7. The summed E-state index contributed by atoms with van der Waals surface area (Å²) in [7, 11) is 0. The molecule has 1 amide bonds. The van der Waals surface area contributed by atoms with Gasteiger partial charge in [-0.15, -0.1) is 0 Å². The van der Waals surface area contributed by atoms with Crippen molar-refractivity contribution in [2.24, 2.45) is 0 Å². The number of β-amino-alcohol motifs (C(OH)–C–C–N with tert-alkyl or cyclic N) is 1. The van der Waals surface area contributed by atoms with E-state index in [2.05, 4.69) is 15.4 Å². The molecular weight excluding hydrogens is 234 g/mol. The lowest BCUT2D eigenvalue weighted by atomic mass is 10.1. The molecule has 1 fully saturated rings. The lowest BCUT2D eigenvalue weighted by molar-refractivity contribution is -0.122. The van der Waals surface area contributed by atoms with Gasteiger partial charge in [-0.3, -0.25) is 14.4 Å². The third kappa shape index (κ3) is 4.08. The Balaban J connectivity index is 1.62. The number of nitrogens with zero attached hydrogens (tertiary/aromatic N) is 4. The molecule has 7 heteroatoms. The number of carbonyl (C=O) groups is 1. The minimum atomic E-state index is -0.290. The van der Waals surface area contributed by atoms with Gasteiger partial charge < -0.3 is 10.4 Å². The Bertz CT molecular complexity index is 368. The highest BCUT2D eigenvalue weighted by atomic mass is 16.3. The van der Waals surface area contributed by atoms with Crippen molar-refractivity contribution in [3.05, 3.63) is 12.7 Å². The van der Waals surface area contributed by atoms with Gasteiger partial charge in [0.1, 0.15) is 12.7 Å². The molecule has 0 aromatic carbocycles. The zero-order chi connectivity index (χ0) is 12.8. The Hall–Kier alpha value is -1.47. The molecule has 18 heavy (non-hydrogen) atoms. The van der Waals surface area contributed by atoms with E-state index in [0.717, 1.165) is 19.4 Å². The van der Waals surface area contributed by atoms with Crippen LogP contribution in [0.4, 0.5) is 0 Å². The monoisotopic (exact) mass is 253 g/mol. The van der Waals surface area contributed by atoms with Gasteiger partial charge in [0.05, 0.1) is 19.2 Å². The smallest absolute Gasteiger partial charge is 0.234 e. The SMILES string of the molecule is O=C(CN1CCCC(O)C1)NCCn1cncn1. The van der Waals surface area contributed by atoms with E-state index < -0.39 is 0 Å². The van der Waals surface area contributed by atoms with E-state index in [1.54, 1.807) is 11.0 Å². The lowest BCUT2D eigenvalue weighted by Crippen LogP contribution is -2.44. The van der Waals surface area contributed by atoms with Gasteiger partial charge in [-0.2, -0.15) is 5.10 Å². The second-order valence-corrected chi connectivity index (χ2v) is 4.54. The van der Waals surface area contributed by atoms with Crippen LogP contribution in [-0.2, 0) is 11.3 Å². The van der Waals surface area contributed by atoms with Gasteiger partial charge in [-0.1, -0.05) is 0 Å². The van der Waals surface area contributed by atoms with Gasteiger partial charge in [0, 0.05) is 13.1 Å². The minimum Gasteiger partial charge on any atom is -0.392 e. The van der Waals surface area contributed by atoms with Crippen molar-refractivity contribution in [3.63, 3.8) is 0 Å². The average molecular weight is 253 g/mol. The third-order valence-corrected chi connectivity index (χ3v) is 2.98. The van der Waals surface area contributed by atoms with Crippen LogP contribution in [0.3, 0.4) is 0 Å². The summed E-state index contributed by atoms with van der Waals surface area (Å²) < 4.78 is 1.67. The zero-order valence-electron chi connectivity index (χ0n) is 10.3. The summed E-state index contributed by atoms with van der Waals surface area (Å²) in [4.78, 5) is 17.5. The first kappa shape index (κ1) is 13.0. The van der Waals surface area contributed by atoms with Gasteiger partial charge in [0.2, 0.25) is 5.91 Å². The fourth-order valence-corrected chi connectivity index (χ4v) is 2.09. The number of aliphatic hydroxyl groups excluding tert-OH is 1. The second kappa shape index (κ2) is 6.46.